The van der Waals surface area contributed by atoms with Crippen molar-refractivity contribution in [3.8, 4) is 22.7 Å². The van der Waals surface area contributed by atoms with Crippen molar-refractivity contribution in [2.24, 2.45) is 0 Å². The van der Waals surface area contributed by atoms with Gasteiger partial charge in [-0.05, 0) is 67.4 Å². The molecule has 10 heteroatoms. The van der Waals surface area contributed by atoms with Gasteiger partial charge in [0.1, 0.15) is 23.9 Å². The molecule has 1 aliphatic heterocycles. The minimum atomic E-state index is -0.366. The first-order valence-corrected chi connectivity index (χ1v) is 14.7. The van der Waals surface area contributed by atoms with Crippen LogP contribution in [0.15, 0.2) is 72.8 Å². The predicted octanol–water partition coefficient (Wildman–Crippen LogP) is 6.42. The molecular formula is C31H30ClFN4O3S. The number of carbonyl (C=O) groups is 2. The molecule has 5 rings (SSSR count). The van der Waals surface area contributed by atoms with E-state index in [1.54, 1.807) is 36.1 Å². The van der Waals surface area contributed by atoms with Gasteiger partial charge in [0.2, 0.25) is 11.8 Å². The fourth-order valence-electron chi connectivity index (χ4n) is 4.71. The molecule has 0 fully saturated rings. The zero-order chi connectivity index (χ0) is 29.1. The summed E-state index contributed by atoms with van der Waals surface area (Å²) in [5.74, 6) is 0.445. The molecule has 0 bridgehead atoms. The van der Waals surface area contributed by atoms with Crippen molar-refractivity contribution in [3.05, 3.63) is 94.8 Å². The van der Waals surface area contributed by atoms with Crippen molar-refractivity contribution in [3.63, 3.8) is 0 Å². The Kier molecular flexibility index (Phi) is 8.65. The van der Waals surface area contributed by atoms with Crippen LogP contribution in [-0.4, -0.2) is 47.0 Å². The van der Waals surface area contributed by atoms with Gasteiger partial charge in [-0.2, -0.15) is 5.10 Å². The van der Waals surface area contributed by atoms with Gasteiger partial charge in [-0.15, -0.1) is 11.8 Å². The Bertz CT molecular complexity index is 1540. The molecule has 1 N–H and O–H groups in total. The molecule has 4 aromatic rings. The Morgan fingerprint density at radius 2 is 1.80 bits per heavy atom. The van der Waals surface area contributed by atoms with Crippen molar-refractivity contribution in [1.82, 2.24) is 15.1 Å². The third-order valence-electron chi connectivity index (χ3n) is 7.02. The number of hydrogen-bond acceptors (Lipinski definition) is 5. The molecule has 0 spiro atoms. The molecule has 1 aliphatic rings. The lowest BCUT2D eigenvalue weighted by atomic mass is 9.99. The Hall–Kier alpha value is -3.82. The highest BCUT2D eigenvalue weighted by atomic mass is 35.5. The van der Waals surface area contributed by atoms with Crippen LogP contribution in [0.2, 0.25) is 5.02 Å². The number of fused-ring (bicyclic) bond motifs is 1. The van der Waals surface area contributed by atoms with E-state index in [1.165, 1.54) is 28.8 Å². The van der Waals surface area contributed by atoms with Gasteiger partial charge in [-0.1, -0.05) is 42.8 Å². The molecule has 2 unspecified atom stereocenters. The van der Waals surface area contributed by atoms with Gasteiger partial charge in [-0.3, -0.25) is 14.5 Å². The lowest BCUT2D eigenvalue weighted by Crippen LogP contribution is -2.44. The normalized spacial score (nSPS) is 15.7. The molecule has 212 valence electrons. The molecule has 2 heterocycles. The highest BCUT2D eigenvalue weighted by Crippen LogP contribution is 2.48. The van der Waals surface area contributed by atoms with Crippen LogP contribution in [0.3, 0.4) is 0 Å². The molecule has 41 heavy (non-hydrogen) atoms. The highest BCUT2D eigenvalue weighted by Gasteiger charge is 2.37. The Morgan fingerprint density at radius 3 is 2.44 bits per heavy atom. The number of benzene rings is 3. The number of ether oxygens (including phenoxy) is 1. The lowest BCUT2D eigenvalue weighted by molar-refractivity contribution is -0.123. The lowest BCUT2D eigenvalue weighted by Gasteiger charge is -2.24. The molecule has 7 nitrogen and oxygen atoms in total. The molecule has 0 aliphatic carbocycles. The smallest absolute Gasteiger partial charge is 0.240 e. The van der Waals surface area contributed by atoms with E-state index in [0.717, 1.165) is 23.1 Å². The van der Waals surface area contributed by atoms with Gasteiger partial charge in [0.25, 0.3) is 0 Å². The van der Waals surface area contributed by atoms with Crippen LogP contribution in [0.25, 0.3) is 16.9 Å². The zero-order valence-corrected chi connectivity index (χ0v) is 24.5. The molecule has 3 aromatic carbocycles. The van der Waals surface area contributed by atoms with Crippen molar-refractivity contribution in [2.75, 3.05) is 24.3 Å². The molecule has 0 saturated heterocycles. The van der Waals surface area contributed by atoms with Crippen molar-refractivity contribution >= 4 is 41.0 Å². The minimum absolute atomic E-state index is 0.0403. The van der Waals surface area contributed by atoms with Gasteiger partial charge in [0.15, 0.2) is 0 Å². The Balaban J connectivity index is 1.77. The first-order chi connectivity index (χ1) is 19.8. The summed E-state index contributed by atoms with van der Waals surface area (Å²) >= 11 is 7.64. The number of anilines is 1. The van der Waals surface area contributed by atoms with Gasteiger partial charge < -0.3 is 10.1 Å². The Labute approximate surface area is 247 Å². The van der Waals surface area contributed by atoms with Crippen LogP contribution in [-0.2, 0) is 9.59 Å². The third-order valence-corrected chi connectivity index (χ3v) is 8.52. The molecule has 2 atom stereocenters. The molecule has 2 amide bonds. The summed E-state index contributed by atoms with van der Waals surface area (Å²) in [7, 11) is 1.59. The van der Waals surface area contributed by atoms with E-state index in [2.05, 4.69) is 5.32 Å². The fourth-order valence-corrected chi connectivity index (χ4v) is 6.03. The minimum Gasteiger partial charge on any atom is -0.497 e. The van der Waals surface area contributed by atoms with Crippen LogP contribution in [0.1, 0.15) is 36.6 Å². The number of thioether (sulfide) groups is 1. The number of nitrogens with one attached hydrogen (secondary N) is 1. The standard InChI is InChI=1S/C31H30ClFN4O3S/c1-4-19(2)34-26(38)17-36-27(39)18-41-30(21-7-11-23(33)12-8-21)28-29(20-5-9-22(32)10-6-20)35-37(31(28)36)24-13-15-25(40-3)16-14-24/h5-16,19,30H,4,17-18H2,1-3H3,(H,34,38). The first kappa shape index (κ1) is 28.7. The molecular weight excluding hydrogens is 563 g/mol. The number of nitrogens with zero attached hydrogens (tertiary/aromatic N) is 3. The van der Waals surface area contributed by atoms with E-state index in [0.29, 0.717) is 28.0 Å². The highest BCUT2D eigenvalue weighted by molar-refractivity contribution is 8.00. The topological polar surface area (TPSA) is 76.5 Å². The average molecular weight is 593 g/mol. The van der Waals surface area contributed by atoms with Crippen molar-refractivity contribution in [1.29, 1.82) is 0 Å². The summed E-state index contributed by atoms with van der Waals surface area (Å²) in [5.41, 5.74) is 3.69. The number of hydrogen-bond donors (Lipinski definition) is 1. The maximum atomic E-state index is 13.9. The second-order valence-corrected chi connectivity index (χ2v) is 11.3. The summed E-state index contributed by atoms with van der Waals surface area (Å²) in [6.45, 7) is 3.74. The van der Waals surface area contributed by atoms with Crippen molar-refractivity contribution in [2.45, 2.75) is 31.6 Å². The summed E-state index contributed by atoms with van der Waals surface area (Å²) in [6.07, 6.45) is 0.762. The van der Waals surface area contributed by atoms with E-state index in [1.807, 2.05) is 50.2 Å². The van der Waals surface area contributed by atoms with Crippen LogP contribution in [0.5, 0.6) is 5.75 Å². The maximum Gasteiger partial charge on any atom is 0.240 e. The van der Waals surface area contributed by atoms with Crippen LogP contribution in [0, 0.1) is 5.82 Å². The van der Waals surface area contributed by atoms with Crippen LogP contribution in [0.4, 0.5) is 10.2 Å². The van der Waals surface area contributed by atoms with E-state index < -0.39 is 0 Å². The van der Waals surface area contributed by atoms with E-state index in [-0.39, 0.29) is 41.2 Å². The monoisotopic (exact) mass is 592 g/mol. The SMILES string of the molecule is CCC(C)NC(=O)CN1C(=O)CSC(c2ccc(F)cc2)c2c(-c3ccc(Cl)cc3)nn(-c3ccc(OC)cc3)c21. The predicted molar refractivity (Wildman–Crippen MR) is 162 cm³/mol. The number of rotatable bonds is 8. The van der Waals surface area contributed by atoms with Crippen LogP contribution < -0.4 is 15.0 Å². The summed E-state index contributed by atoms with van der Waals surface area (Å²) in [5, 5.41) is 8.23. The number of carbonyl (C=O) groups excluding carboxylic acids is 2. The maximum absolute atomic E-state index is 13.9. The average Bonchev–Trinajstić information content (AvgIpc) is 3.30. The van der Waals surface area contributed by atoms with Crippen molar-refractivity contribution < 1.29 is 18.7 Å². The third kappa shape index (κ3) is 6.11. The fraction of sp³-hybridized carbons (Fsp3) is 0.258. The molecule has 1 aromatic heterocycles. The Morgan fingerprint density at radius 1 is 1.12 bits per heavy atom. The van der Waals surface area contributed by atoms with Gasteiger partial charge >= 0.3 is 0 Å². The zero-order valence-electron chi connectivity index (χ0n) is 22.9. The first-order valence-electron chi connectivity index (χ1n) is 13.3. The number of aromatic nitrogens is 2. The molecule has 0 saturated carbocycles. The quantitative estimate of drug-likeness (QED) is 0.255. The summed E-state index contributed by atoms with van der Waals surface area (Å²) < 4.78 is 21.0. The number of amides is 2. The van der Waals surface area contributed by atoms with E-state index in [9.17, 15) is 14.0 Å². The van der Waals surface area contributed by atoms with Gasteiger partial charge in [0, 0.05) is 22.2 Å². The van der Waals surface area contributed by atoms with Gasteiger partial charge in [-0.25, -0.2) is 9.07 Å². The number of halogens is 2. The second-order valence-electron chi connectivity index (χ2n) is 9.80. The number of methoxy groups -OCH3 is 1. The summed E-state index contributed by atoms with van der Waals surface area (Å²) in [6, 6.07) is 20.9. The summed E-state index contributed by atoms with van der Waals surface area (Å²) in [4.78, 5) is 28.4. The second kappa shape index (κ2) is 12.4. The van der Waals surface area contributed by atoms with E-state index in [4.69, 9.17) is 21.4 Å². The van der Waals surface area contributed by atoms with Crippen LogP contribution >= 0.6 is 23.4 Å². The van der Waals surface area contributed by atoms with Gasteiger partial charge in [0.05, 0.1) is 29.5 Å². The van der Waals surface area contributed by atoms with E-state index >= 15 is 0 Å². The largest absolute Gasteiger partial charge is 0.497 e. The molecule has 0 radical (unpaired) electrons.